The fourth-order valence-electron chi connectivity index (χ4n) is 1.83. The molecule has 86 valence electrons. The van der Waals surface area contributed by atoms with Gasteiger partial charge in [0.2, 0.25) is 0 Å². The van der Waals surface area contributed by atoms with Gasteiger partial charge < -0.3 is 5.32 Å². The zero-order chi connectivity index (χ0) is 11.9. The Labute approximate surface area is 92.3 Å². The molecule has 0 aliphatic carbocycles. The number of aryl methyl sites for hydroxylation is 2. The third-order valence-electron chi connectivity index (χ3n) is 2.50. The van der Waals surface area contributed by atoms with Crippen molar-refractivity contribution in [1.82, 2.24) is 15.1 Å². The molecule has 0 saturated carbocycles. The maximum Gasteiger partial charge on any atom is 0.320 e. The Bertz CT molecular complexity index is 476. The highest BCUT2D eigenvalue weighted by Gasteiger charge is 2.30. The van der Waals surface area contributed by atoms with Crippen LogP contribution in [0.5, 0.6) is 0 Å². The summed E-state index contributed by atoms with van der Waals surface area (Å²) in [4.78, 5) is 14.8. The maximum absolute atomic E-state index is 11.0. The summed E-state index contributed by atoms with van der Waals surface area (Å²) < 4.78 is 1.50. The molecule has 0 unspecified atom stereocenters. The van der Waals surface area contributed by atoms with E-state index in [4.69, 9.17) is 0 Å². The van der Waals surface area contributed by atoms with Gasteiger partial charge in [-0.3, -0.25) is 19.8 Å². The summed E-state index contributed by atoms with van der Waals surface area (Å²) in [7, 11) is 1.68. The molecule has 0 radical (unpaired) electrons. The number of aromatic nitrogens is 2. The summed E-state index contributed by atoms with van der Waals surface area (Å²) in [6.45, 7) is 4.24. The molecular weight excluding hydrogens is 210 g/mol. The molecule has 0 saturated heterocycles. The zero-order valence-corrected chi connectivity index (χ0v) is 9.39. The van der Waals surface area contributed by atoms with Gasteiger partial charge in [-0.15, -0.1) is 0 Å². The van der Waals surface area contributed by atoms with Crippen LogP contribution in [-0.2, 0) is 7.05 Å². The summed E-state index contributed by atoms with van der Waals surface area (Å²) in [6.07, 6.45) is 0. The predicted molar refractivity (Wildman–Crippen MR) is 58.6 cm³/mol. The molecule has 1 atom stereocenters. The maximum atomic E-state index is 11.0. The van der Waals surface area contributed by atoms with Crippen LogP contribution in [0.1, 0.15) is 18.3 Å². The standard InChI is InChI=1S/C9H13N5O2/c1-5-4-10-9(11-5)8-7(14(15)16)6(2)12-13(8)3/h5H,4H2,1-3H3,(H,10,11)/t5-/m0/s1. The second-order valence-electron chi connectivity index (χ2n) is 3.90. The highest BCUT2D eigenvalue weighted by atomic mass is 16.6. The summed E-state index contributed by atoms with van der Waals surface area (Å²) >= 11 is 0. The van der Waals surface area contributed by atoms with Crippen molar-refractivity contribution >= 4 is 11.5 Å². The van der Waals surface area contributed by atoms with E-state index in [0.717, 1.165) is 0 Å². The highest BCUT2D eigenvalue weighted by Crippen LogP contribution is 2.23. The fourth-order valence-corrected chi connectivity index (χ4v) is 1.83. The lowest BCUT2D eigenvalue weighted by Crippen LogP contribution is -2.29. The Morgan fingerprint density at radius 3 is 2.81 bits per heavy atom. The molecule has 2 heterocycles. The third-order valence-corrected chi connectivity index (χ3v) is 2.50. The van der Waals surface area contributed by atoms with Crippen molar-refractivity contribution in [3.05, 3.63) is 21.5 Å². The molecule has 0 aromatic carbocycles. The molecule has 1 aromatic rings. The SMILES string of the molecule is Cc1nn(C)c(C2=NC[C@H](C)N2)c1[N+](=O)[O-]. The Kier molecular flexibility index (Phi) is 2.37. The van der Waals surface area contributed by atoms with E-state index in [1.807, 2.05) is 6.92 Å². The van der Waals surface area contributed by atoms with E-state index >= 15 is 0 Å². The van der Waals surface area contributed by atoms with Gasteiger partial charge in [-0.25, -0.2) is 0 Å². The lowest BCUT2D eigenvalue weighted by molar-refractivity contribution is -0.385. The summed E-state index contributed by atoms with van der Waals surface area (Å²) in [5, 5.41) is 18.1. The monoisotopic (exact) mass is 223 g/mol. The number of nitro groups is 1. The van der Waals surface area contributed by atoms with Crippen LogP contribution in [-0.4, -0.2) is 33.1 Å². The van der Waals surface area contributed by atoms with Crippen molar-refractivity contribution < 1.29 is 4.92 Å². The van der Waals surface area contributed by atoms with E-state index in [-0.39, 0.29) is 11.7 Å². The van der Waals surface area contributed by atoms with Crippen LogP contribution in [0.2, 0.25) is 0 Å². The molecule has 2 rings (SSSR count). The molecule has 0 spiro atoms. The normalized spacial score (nSPS) is 19.4. The van der Waals surface area contributed by atoms with Gasteiger partial charge in [0, 0.05) is 13.1 Å². The number of rotatable bonds is 2. The quantitative estimate of drug-likeness (QED) is 0.580. The minimum atomic E-state index is -0.412. The Morgan fingerprint density at radius 1 is 1.62 bits per heavy atom. The first kappa shape index (κ1) is 10.6. The van der Waals surface area contributed by atoms with Crippen molar-refractivity contribution in [2.75, 3.05) is 6.54 Å². The van der Waals surface area contributed by atoms with Crippen molar-refractivity contribution in [2.24, 2.45) is 12.0 Å². The molecule has 7 heteroatoms. The van der Waals surface area contributed by atoms with Crippen LogP contribution >= 0.6 is 0 Å². The lowest BCUT2D eigenvalue weighted by Gasteiger charge is -2.05. The van der Waals surface area contributed by atoms with Gasteiger partial charge in [-0.2, -0.15) is 5.10 Å². The smallest absolute Gasteiger partial charge is 0.320 e. The van der Waals surface area contributed by atoms with Crippen molar-refractivity contribution in [3.63, 3.8) is 0 Å². The summed E-state index contributed by atoms with van der Waals surface area (Å²) in [6, 6.07) is 0.213. The van der Waals surface area contributed by atoms with Gasteiger partial charge in [0.1, 0.15) is 5.69 Å². The fraction of sp³-hybridized carbons (Fsp3) is 0.556. The van der Waals surface area contributed by atoms with Crippen LogP contribution in [0.3, 0.4) is 0 Å². The number of aliphatic imine (C=N–C) groups is 1. The molecule has 1 aromatic heterocycles. The van der Waals surface area contributed by atoms with E-state index < -0.39 is 4.92 Å². The van der Waals surface area contributed by atoms with E-state index in [2.05, 4.69) is 15.4 Å². The zero-order valence-electron chi connectivity index (χ0n) is 9.39. The van der Waals surface area contributed by atoms with Crippen LogP contribution in [0.15, 0.2) is 4.99 Å². The number of hydrogen-bond acceptors (Lipinski definition) is 5. The van der Waals surface area contributed by atoms with Gasteiger partial charge in [0.25, 0.3) is 0 Å². The average molecular weight is 223 g/mol. The van der Waals surface area contributed by atoms with E-state index in [9.17, 15) is 10.1 Å². The van der Waals surface area contributed by atoms with Crippen molar-refractivity contribution in [1.29, 1.82) is 0 Å². The minimum Gasteiger partial charge on any atom is -0.364 e. The molecular formula is C9H13N5O2. The number of hydrogen-bond donors (Lipinski definition) is 1. The largest absolute Gasteiger partial charge is 0.364 e. The number of nitrogens with one attached hydrogen (secondary N) is 1. The van der Waals surface area contributed by atoms with Crippen LogP contribution in [0.25, 0.3) is 0 Å². The minimum absolute atomic E-state index is 0.0304. The van der Waals surface area contributed by atoms with Gasteiger partial charge >= 0.3 is 5.69 Å². The Hall–Kier alpha value is -1.92. The molecule has 1 N–H and O–H groups in total. The summed E-state index contributed by atoms with van der Waals surface area (Å²) in [5.74, 6) is 0.558. The molecule has 1 aliphatic rings. The lowest BCUT2D eigenvalue weighted by atomic mass is 10.3. The van der Waals surface area contributed by atoms with Crippen molar-refractivity contribution in [2.45, 2.75) is 19.9 Å². The highest BCUT2D eigenvalue weighted by molar-refractivity contribution is 6.02. The molecule has 7 nitrogen and oxygen atoms in total. The first-order chi connectivity index (χ1) is 7.50. The molecule has 16 heavy (non-hydrogen) atoms. The molecule has 0 fully saturated rings. The first-order valence-corrected chi connectivity index (χ1v) is 5.00. The number of nitrogens with zero attached hydrogens (tertiary/aromatic N) is 4. The van der Waals surface area contributed by atoms with Crippen molar-refractivity contribution in [3.8, 4) is 0 Å². The second kappa shape index (κ2) is 3.58. The topological polar surface area (TPSA) is 85.3 Å². The van der Waals surface area contributed by atoms with E-state index in [1.165, 1.54) is 4.68 Å². The average Bonchev–Trinajstić information content (AvgIpc) is 2.69. The van der Waals surface area contributed by atoms with Crippen LogP contribution < -0.4 is 5.32 Å². The van der Waals surface area contributed by atoms with Gasteiger partial charge in [0.15, 0.2) is 11.5 Å². The van der Waals surface area contributed by atoms with Gasteiger partial charge in [-0.1, -0.05) is 0 Å². The molecule has 0 bridgehead atoms. The van der Waals surface area contributed by atoms with Crippen LogP contribution in [0.4, 0.5) is 5.69 Å². The second-order valence-corrected chi connectivity index (χ2v) is 3.90. The van der Waals surface area contributed by atoms with Crippen LogP contribution in [0, 0.1) is 17.0 Å². The predicted octanol–water partition coefficient (Wildman–Crippen LogP) is 0.375. The summed E-state index contributed by atoms with van der Waals surface area (Å²) in [5.41, 5.74) is 0.890. The van der Waals surface area contributed by atoms with Gasteiger partial charge in [0.05, 0.1) is 11.5 Å². The molecule has 0 amide bonds. The molecule has 1 aliphatic heterocycles. The van der Waals surface area contributed by atoms with E-state index in [1.54, 1.807) is 14.0 Å². The Balaban J connectivity index is 2.52. The van der Waals surface area contributed by atoms with E-state index in [0.29, 0.717) is 23.8 Å². The third kappa shape index (κ3) is 1.54. The first-order valence-electron chi connectivity index (χ1n) is 5.00. The van der Waals surface area contributed by atoms with Gasteiger partial charge in [-0.05, 0) is 13.8 Å². The Morgan fingerprint density at radius 2 is 2.31 bits per heavy atom. The number of amidine groups is 1.